The minimum atomic E-state index is 0.325. The Morgan fingerprint density at radius 3 is 2.73 bits per heavy atom. The Hall–Kier alpha value is -0.920. The van der Waals surface area contributed by atoms with Gasteiger partial charge in [-0.3, -0.25) is 0 Å². The Morgan fingerprint density at radius 2 is 2.18 bits per heavy atom. The zero-order valence-electron chi connectivity index (χ0n) is 6.72. The first-order valence-electron chi connectivity index (χ1n) is 3.89. The van der Waals surface area contributed by atoms with Crippen molar-refractivity contribution in [2.45, 2.75) is 19.8 Å². The molecule has 0 unspecified atom stereocenters. The van der Waals surface area contributed by atoms with Crippen LogP contribution in [0.2, 0.25) is 0 Å². The first kappa shape index (κ1) is 8.18. The summed E-state index contributed by atoms with van der Waals surface area (Å²) in [7, 11) is 0. The van der Waals surface area contributed by atoms with E-state index in [0.717, 1.165) is 12.8 Å². The normalized spacial score (nSPS) is 26.0. The van der Waals surface area contributed by atoms with Crippen LogP contribution in [0.5, 0.6) is 0 Å². The Labute approximate surface area is 67.8 Å². The second-order valence-electron chi connectivity index (χ2n) is 2.82. The lowest BCUT2D eigenvalue weighted by atomic mass is 10.2. The van der Waals surface area contributed by atoms with Gasteiger partial charge in [0.05, 0.1) is 0 Å². The topological polar surface area (TPSA) is 20.2 Å². The summed E-state index contributed by atoms with van der Waals surface area (Å²) in [4.78, 5) is 0. The Bertz CT molecular complexity index is 233. The molecule has 2 atom stereocenters. The third-order valence-electron chi connectivity index (χ3n) is 1.94. The Balaban J connectivity index is 2.14. The molecule has 0 heterocycles. The van der Waals surface area contributed by atoms with Crippen molar-refractivity contribution >= 4 is 0 Å². The molecule has 0 aromatic rings. The summed E-state index contributed by atoms with van der Waals surface area (Å²) in [5, 5.41) is 8.70. The van der Waals surface area contributed by atoms with Crippen LogP contribution in [0.15, 0.2) is 0 Å². The van der Waals surface area contributed by atoms with Crippen LogP contribution in [-0.4, -0.2) is 11.7 Å². The summed E-state index contributed by atoms with van der Waals surface area (Å²) in [6.07, 6.45) is 2.05. The lowest BCUT2D eigenvalue weighted by molar-refractivity contribution is 0.269. The van der Waals surface area contributed by atoms with Gasteiger partial charge >= 0.3 is 0 Å². The van der Waals surface area contributed by atoms with Gasteiger partial charge in [0.15, 0.2) is 0 Å². The largest absolute Gasteiger partial charge is 0.396 e. The zero-order chi connectivity index (χ0) is 8.10. The fourth-order valence-electron chi connectivity index (χ4n) is 1.07. The minimum Gasteiger partial charge on any atom is -0.396 e. The van der Waals surface area contributed by atoms with Crippen LogP contribution < -0.4 is 0 Å². The van der Waals surface area contributed by atoms with Crippen molar-refractivity contribution < 1.29 is 5.11 Å². The van der Waals surface area contributed by atoms with Crippen molar-refractivity contribution in [1.29, 1.82) is 0 Å². The first-order valence-corrected chi connectivity index (χ1v) is 3.89. The molecule has 1 saturated carbocycles. The second kappa shape index (κ2) is 4.06. The molecule has 11 heavy (non-hydrogen) atoms. The van der Waals surface area contributed by atoms with Gasteiger partial charge in [0, 0.05) is 13.0 Å². The van der Waals surface area contributed by atoms with Crippen molar-refractivity contribution in [2.24, 2.45) is 11.8 Å². The van der Waals surface area contributed by atoms with Crippen LogP contribution in [-0.2, 0) is 0 Å². The molecular formula is C10H12O. The third kappa shape index (κ3) is 2.66. The van der Waals surface area contributed by atoms with E-state index < -0.39 is 0 Å². The monoisotopic (exact) mass is 148 g/mol. The van der Waals surface area contributed by atoms with Crippen molar-refractivity contribution in [3.05, 3.63) is 0 Å². The highest BCUT2D eigenvalue weighted by molar-refractivity contribution is 5.25. The number of hydrogen-bond donors (Lipinski definition) is 1. The summed E-state index contributed by atoms with van der Waals surface area (Å²) in [5.41, 5.74) is 0. The van der Waals surface area contributed by atoms with E-state index in [1.807, 2.05) is 0 Å². The summed E-state index contributed by atoms with van der Waals surface area (Å²) in [6, 6.07) is 0. The van der Waals surface area contributed by atoms with E-state index in [0.29, 0.717) is 18.4 Å². The number of rotatable bonds is 2. The molecule has 0 aromatic heterocycles. The Morgan fingerprint density at radius 1 is 1.36 bits per heavy atom. The number of hydrogen-bond acceptors (Lipinski definition) is 1. The SMILES string of the molecule is CC#CC#CC[C@@H]1C[C@H]1CO. The van der Waals surface area contributed by atoms with Gasteiger partial charge in [0.1, 0.15) is 0 Å². The lowest BCUT2D eigenvalue weighted by Crippen LogP contribution is -1.86. The van der Waals surface area contributed by atoms with E-state index >= 15 is 0 Å². The summed E-state index contributed by atoms with van der Waals surface area (Å²) < 4.78 is 0. The average Bonchev–Trinajstić information content (AvgIpc) is 2.77. The minimum absolute atomic E-state index is 0.325. The van der Waals surface area contributed by atoms with E-state index in [1.54, 1.807) is 6.92 Å². The van der Waals surface area contributed by atoms with Gasteiger partial charge in [0.2, 0.25) is 0 Å². The highest BCUT2D eigenvalue weighted by Crippen LogP contribution is 2.40. The van der Waals surface area contributed by atoms with Crippen LogP contribution in [0.25, 0.3) is 0 Å². The second-order valence-corrected chi connectivity index (χ2v) is 2.82. The molecule has 1 aliphatic rings. The van der Waals surface area contributed by atoms with Gasteiger partial charge in [-0.15, -0.1) is 0 Å². The molecular weight excluding hydrogens is 136 g/mol. The lowest BCUT2D eigenvalue weighted by Gasteiger charge is -1.85. The van der Waals surface area contributed by atoms with Gasteiger partial charge in [-0.25, -0.2) is 0 Å². The van der Waals surface area contributed by atoms with Crippen LogP contribution in [0, 0.1) is 35.5 Å². The molecule has 0 aliphatic heterocycles. The average molecular weight is 148 g/mol. The van der Waals surface area contributed by atoms with Crippen molar-refractivity contribution in [3.8, 4) is 23.7 Å². The predicted molar refractivity (Wildman–Crippen MR) is 44.5 cm³/mol. The number of aliphatic hydroxyl groups is 1. The smallest absolute Gasteiger partial charge is 0.0462 e. The first-order chi connectivity index (χ1) is 5.38. The highest BCUT2D eigenvalue weighted by Gasteiger charge is 2.35. The van der Waals surface area contributed by atoms with Gasteiger partial charge < -0.3 is 5.11 Å². The standard InChI is InChI=1S/C10H12O/c1-2-3-4-5-6-9-7-10(9)8-11/h9-11H,6-8H2,1H3/t9-,10+/m1/s1. The molecule has 0 amide bonds. The summed E-state index contributed by atoms with van der Waals surface area (Å²) >= 11 is 0. The van der Waals surface area contributed by atoms with E-state index in [1.165, 1.54) is 0 Å². The number of aliphatic hydroxyl groups excluding tert-OH is 1. The van der Waals surface area contributed by atoms with Gasteiger partial charge in [-0.2, -0.15) is 0 Å². The third-order valence-corrected chi connectivity index (χ3v) is 1.94. The van der Waals surface area contributed by atoms with E-state index in [4.69, 9.17) is 5.11 Å². The molecule has 1 aliphatic carbocycles. The molecule has 1 rings (SSSR count). The van der Waals surface area contributed by atoms with Gasteiger partial charge in [-0.05, 0) is 37.0 Å². The zero-order valence-corrected chi connectivity index (χ0v) is 6.72. The van der Waals surface area contributed by atoms with E-state index in [9.17, 15) is 0 Å². The molecule has 0 radical (unpaired) electrons. The quantitative estimate of drug-likeness (QED) is 0.580. The fraction of sp³-hybridized carbons (Fsp3) is 0.600. The summed E-state index contributed by atoms with van der Waals surface area (Å²) in [5.74, 6) is 12.3. The molecule has 1 fully saturated rings. The molecule has 1 heteroatoms. The maximum Gasteiger partial charge on any atom is 0.0462 e. The van der Waals surface area contributed by atoms with Gasteiger partial charge in [0.25, 0.3) is 0 Å². The van der Waals surface area contributed by atoms with Crippen LogP contribution >= 0.6 is 0 Å². The predicted octanol–water partition coefficient (Wildman–Crippen LogP) is 1.03. The van der Waals surface area contributed by atoms with Crippen molar-refractivity contribution in [2.75, 3.05) is 6.61 Å². The molecule has 0 spiro atoms. The maximum atomic E-state index is 8.70. The fourth-order valence-corrected chi connectivity index (χ4v) is 1.07. The molecule has 0 saturated heterocycles. The van der Waals surface area contributed by atoms with Crippen LogP contribution in [0.3, 0.4) is 0 Å². The van der Waals surface area contributed by atoms with E-state index in [2.05, 4.69) is 23.7 Å². The Kier molecular flexibility index (Phi) is 3.02. The molecule has 1 nitrogen and oxygen atoms in total. The maximum absolute atomic E-state index is 8.70. The van der Waals surface area contributed by atoms with Crippen LogP contribution in [0.1, 0.15) is 19.8 Å². The summed E-state index contributed by atoms with van der Waals surface area (Å²) in [6.45, 7) is 2.11. The van der Waals surface area contributed by atoms with Crippen molar-refractivity contribution in [1.82, 2.24) is 0 Å². The highest BCUT2D eigenvalue weighted by atomic mass is 16.3. The molecule has 1 N–H and O–H groups in total. The van der Waals surface area contributed by atoms with Crippen LogP contribution in [0.4, 0.5) is 0 Å². The molecule has 0 aromatic carbocycles. The van der Waals surface area contributed by atoms with E-state index in [-0.39, 0.29) is 0 Å². The molecule has 0 bridgehead atoms. The van der Waals surface area contributed by atoms with Crippen molar-refractivity contribution in [3.63, 3.8) is 0 Å². The molecule has 58 valence electrons. The van der Waals surface area contributed by atoms with Gasteiger partial charge in [-0.1, -0.05) is 11.8 Å².